The number of aryl methyl sites for hydroxylation is 3. The first-order chi connectivity index (χ1) is 9.85. The van der Waals surface area contributed by atoms with E-state index >= 15 is 0 Å². The Balaban J connectivity index is 2.29. The van der Waals surface area contributed by atoms with Gasteiger partial charge in [0, 0.05) is 11.4 Å². The lowest BCUT2D eigenvalue weighted by Gasteiger charge is -2.12. The predicted octanol–water partition coefficient (Wildman–Crippen LogP) is 2.64. The van der Waals surface area contributed by atoms with E-state index in [1.165, 1.54) is 11.3 Å². The van der Waals surface area contributed by atoms with E-state index in [9.17, 15) is 13.5 Å². The van der Waals surface area contributed by atoms with Gasteiger partial charge in [0.15, 0.2) is 0 Å². The van der Waals surface area contributed by atoms with Crippen molar-refractivity contribution in [3.63, 3.8) is 0 Å². The summed E-state index contributed by atoms with van der Waals surface area (Å²) in [6, 6.07) is 5.31. The van der Waals surface area contributed by atoms with Crippen molar-refractivity contribution >= 4 is 21.4 Å². The molecule has 0 radical (unpaired) electrons. The molecule has 0 bridgehead atoms. The van der Waals surface area contributed by atoms with Gasteiger partial charge in [-0.25, -0.2) is 13.1 Å². The van der Waals surface area contributed by atoms with Gasteiger partial charge in [0.2, 0.25) is 10.0 Å². The average molecular weight is 325 g/mol. The van der Waals surface area contributed by atoms with Gasteiger partial charge in [0.25, 0.3) is 0 Å². The summed E-state index contributed by atoms with van der Waals surface area (Å²) in [7, 11) is -3.59. The van der Waals surface area contributed by atoms with Crippen LogP contribution in [0.4, 0.5) is 0 Å². The molecule has 1 aromatic heterocycles. The van der Waals surface area contributed by atoms with Crippen LogP contribution >= 0.6 is 11.3 Å². The number of nitrogens with one attached hydrogen (secondary N) is 1. The third-order valence-electron chi connectivity index (χ3n) is 3.48. The molecule has 114 valence electrons. The number of thiophene rings is 1. The highest BCUT2D eigenvalue weighted by Gasteiger charge is 2.18. The predicted molar refractivity (Wildman–Crippen MR) is 84.9 cm³/mol. The van der Waals surface area contributed by atoms with Crippen LogP contribution in [0, 0.1) is 20.8 Å². The van der Waals surface area contributed by atoms with E-state index in [2.05, 4.69) is 4.72 Å². The SMILES string of the molecule is Cc1cc(C)c(S(=O)(=O)NCc2sccc2C)cc1CO. The van der Waals surface area contributed by atoms with E-state index < -0.39 is 10.0 Å². The summed E-state index contributed by atoms with van der Waals surface area (Å²) in [6.45, 7) is 5.70. The maximum absolute atomic E-state index is 12.5. The van der Waals surface area contributed by atoms with Gasteiger partial charge in [-0.3, -0.25) is 0 Å². The molecule has 0 spiro atoms. The third-order valence-corrected chi connectivity index (χ3v) is 6.05. The van der Waals surface area contributed by atoms with Crippen molar-refractivity contribution in [1.29, 1.82) is 0 Å². The lowest BCUT2D eigenvalue weighted by molar-refractivity contribution is 0.280. The van der Waals surface area contributed by atoms with E-state index in [4.69, 9.17) is 0 Å². The molecular weight excluding hydrogens is 306 g/mol. The third kappa shape index (κ3) is 3.52. The van der Waals surface area contributed by atoms with Crippen molar-refractivity contribution in [2.75, 3.05) is 0 Å². The maximum Gasteiger partial charge on any atom is 0.241 e. The highest BCUT2D eigenvalue weighted by molar-refractivity contribution is 7.89. The van der Waals surface area contributed by atoms with E-state index in [1.54, 1.807) is 19.1 Å². The van der Waals surface area contributed by atoms with Crippen LogP contribution in [0.2, 0.25) is 0 Å². The summed E-state index contributed by atoms with van der Waals surface area (Å²) in [5.74, 6) is 0. The molecule has 2 N–H and O–H groups in total. The zero-order valence-electron chi connectivity index (χ0n) is 12.3. The van der Waals surface area contributed by atoms with Gasteiger partial charge in [-0.2, -0.15) is 0 Å². The number of sulfonamides is 1. The van der Waals surface area contributed by atoms with Crippen LogP contribution in [0.25, 0.3) is 0 Å². The summed E-state index contributed by atoms with van der Waals surface area (Å²) in [5.41, 5.74) is 3.29. The number of aliphatic hydroxyl groups excluding tert-OH is 1. The molecule has 1 aromatic carbocycles. The monoisotopic (exact) mass is 325 g/mol. The van der Waals surface area contributed by atoms with E-state index in [0.29, 0.717) is 11.1 Å². The topological polar surface area (TPSA) is 66.4 Å². The smallest absolute Gasteiger partial charge is 0.241 e. The maximum atomic E-state index is 12.5. The standard InChI is InChI=1S/C15H19NO3S2/c1-10-4-5-20-14(10)8-16-21(18,19)15-7-13(9-17)11(2)6-12(15)3/h4-7,16-17H,8-9H2,1-3H3. The van der Waals surface area contributed by atoms with E-state index in [1.807, 2.05) is 25.3 Å². The number of hydrogen-bond acceptors (Lipinski definition) is 4. The summed E-state index contributed by atoms with van der Waals surface area (Å²) < 4.78 is 27.5. The Kier molecular flexibility index (Phi) is 4.83. The summed E-state index contributed by atoms with van der Waals surface area (Å²) in [4.78, 5) is 1.23. The van der Waals surface area contributed by atoms with Crippen molar-refractivity contribution in [1.82, 2.24) is 4.72 Å². The van der Waals surface area contributed by atoms with Gasteiger partial charge in [-0.05, 0) is 60.5 Å². The minimum Gasteiger partial charge on any atom is -0.392 e. The number of rotatable bonds is 5. The fraction of sp³-hybridized carbons (Fsp3) is 0.333. The first-order valence-electron chi connectivity index (χ1n) is 6.59. The second kappa shape index (κ2) is 6.27. The average Bonchev–Trinajstić information content (AvgIpc) is 2.82. The van der Waals surface area contributed by atoms with Gasteiger partial charge in [-0.1, -0.05) is 6.07 Å². The molecule has 0 fully saturated rings. The molecule has 0 atom stereocenters. The molecule has 21 heavy (non-hydrogen) atoms. The van der Waals surface area contributed by atoms with E-state index in [0.717, 1.165) is 16.0 Å². The molecule has 0 aliphatic heterocycles. The molecule has 0 unspecified atom stereocenters. The Morgan fingerprint density at radius 3 is 2.43 bits per heavy atom. The normalized spacial score (nSPS) is 11.8. The van der Waals surface area contributed by atoms with Crippen molar-refractivity contribution in [3.8, 4) is 0 Å². The highest BCUT2D eigenvalue weighted by atomic mass is 32.2. The fourth-order valence-electron chi connectivity index (χ4n) is 2.16. The van der Waals surface area contributed by atoms with Crippen LogP contribution in [0.1, 0.15) is 27.1 Å². The fourth-order valence-corrected chi connectivity index (χ4v) is 4.37. The van der Waals surface area contributed by atoms with Crippen LogP contribution in [-0.4, -0.2) is 13.5 Å². The Morgan fingerprint density at radius 2 is 1.86 bits per heavy atom. The van der Waals surface area contributed by atoms with Gasteiger partial charge < -0.3 is 5.11 Å². The molecule has 0 aliphatic rings. The summed E-state index contributed by atoms with van der Waals surface area (Å²) in [6.07, 6.45) is 0. The molecular formula is C15H19NO3S2. The number of aliphatic hydroxyl groups is 1. The second-order valence-electron chi connectivity index (χ2n) is 5.05. The molecule has 1 heterocycles. The van der Waals surface area contributed by atoms with Gasteiger partial charge in [0.05, 0.1) is 11.5 Å². The molecule has 0 aliphatic carbocycles. The first kappa shape index (κ1) is 16.2. The minimum atomic E-state index is -3.59. The van der Waals surface area contributed by atoms with Crippen LogP contribution in [0.3, 0.4) is 0 Å². The van der Waals surface area contributed by atoms with Gasteiger partial charge in [-0.15, -0.1) is 11.3 Å². The molecule has 6 heteroatoms. The van der Waals surface area contributed by atoms with Gasteiger partial charge in [0.1, 0.15) is 0 Å². The number of hydrogen-bond donors (Lipinski definition) is 2. The highest BCUT2D eigenvalue weighted by Crippen LogP contribution is 2.22. The quantitative estimate of drug-likeness (QED) is 0.888. The van der Waals surface area contributed by atoms with Crippen LogP contribution in [0.15, 0.2) is 28.5 Å². The van der Waals surface area contributed by atoms with E-state index in [-0.39, 0.29) is 18.0 Å². The zero-order chi connectivity index (χ0) is 15.6. The molecule has 0 saturated heterocycles. The number of benzene rings is 1. The van der Waals surface area contributed by atoms with Crippen molar-refractivity contribution < 1.29 is 13.5 Å². The Morgan fingerprint density at radius 1 is 1.14 bits per heavy atom. The Labute approximate surface area is 129 Å². The minimum absolute atomic E-state index is 0.168. The molecule has 4 nitrogen and oxygen atoms in total. The van der Waals surface area contributed by atoms with Crippen LogP contribution < -0.4 is 4.72 Å². The lowest BCUT2D eigenvalue weighted by atomic mass is 10.1. The van der Waals surface area contributed by atoms with Crippen molar-refractivity contribution in [2.24, 2.45) is 0 Å². The van der Waals surface area contributed by atoms with Crippen molar-refractivity contribution in [2.45, 2.75) is 38.8 Å². The zero-order valence-corrected chi connectivity index (χ0v) is 13.9. The largest absolute Gasteiger partial charge is 0.392 e. The van der Waals surface area contributed by atoms with Gasteiger partial charge >= 0.3 is 0 Å². The van der Waals surface area contributed by atoms with Crippen molar-refractivity contribution in [3.05, 3.63) is 50.7 Å². The first-order valence-corrected chi connectivity index (χ1v) is 8.95. The van der Waals surface area contributed by atoms with Crippen LogP contribution in [-0.2, 0) is 23.2 Å². The molecule has 2 rings (SSSR count). The Hall–Kier alpha value is -1.21. The van der Waals surface area contributed by atoms with Crippen LogP contribution in [0.5, 0.6) is 0 Å². The molecule has 0 amide bonds. The summed E-state index contributed by atoms with van der Waals surface area (Å²) >= 11 is 1.53. The lowest BCUT2D eigenvalue weighted by Crippen LogP contribution is -2.24. The summed E-state index contributed by atoms with van der Waals surface area (Å²) in [5, 5.41) is 11.2. The molecule has 0 saturated carbocycles. The molecule has 2 aromatic rings. The second-order valence-corrected chi connectivity index (χ2v) is 7.79. The Bertz CT molecular complexity index is 748.